The third-order valence-corrected chi connectivity index (χ3v) is 7.59. The molecule has 4 aliphatic carbocycles. The Morgan fingerprint density at radius 3 is 2.39 bits per heavy atom. The summed E-state index contributed by atoms with van der Waals surface area (Å²) in [5.74, 6) is 2.43. The first-order valence-electron chi connectivity index (χ1n) is 10.2. The fourth-order valence-corrected chi connectivity index (χ4v) is 6.68. The summed E-state index contributed by atoms with van der Waals surface area (Å²) in [6, 6.07) is 10.1. The first kappa shape index (κ1) is 17.9. The zero-order chi connectivity index (χ0) is 19.1. The molecule has 4 bridgehead atoms. The molecule has 4 aliphatic rings. The normalized spacial score (nSPS) is 30.2. The van der Waals surface area contributed by atoms with E-state index in [9.17, 15) is 4.79 Å². The lowest BCUT2D eigenvalue weighted by molar-refractivity contribution is -0.0127. The molecule has 0 spiro atoms. The smallest absolute Gasteiger partial charge is 0.321 e. The summed E-state index contributed by atoms with van der Waals surface area (Å²) < 4.78 is 0. The van der Waals surface area contributed by atoms with E-state index in [4.69, 9.17) is 0 Å². The first-order chi connectivity index (χ1) is 13.6. The molecule has 6 rings (SSSR count). The molecule has 2 aromatic rings. The number of hydrogen-bond donors (Lipinski definition) is 2. The Balaban J connectivity index is 1.19. The number of carbonyl (C=O) groups is 1. The molecule has 4 fully saturated rings. The SMILES string of the molecule is CN(Cc1ccccc1)c1nnc(NC(=O)NC23CC4CC(CC(C4)C2)C3)s1. The molecule has 6 nitrogen and oxygen atoms in total. The van der Waals surface area contributed by atoms with Gasteiger partial charge < -0.3 is 10.2 Å². The van der Waals surface area contributed by atoms with Crippen LogP contribution in [0.2, 0.25) is 0 Å². The van der Waals surface area contributed by atoms with Crippen LogP contribution in [-0.4, -0.2) is 28.8 Å². The molecule has 1 aromatic carbocycles. The van der Waals surface area contributed by atoms with Gasteiger partial charge in [0.15, 0.2) is 0 Å². The molecule has 0 saturated heterocycles. The van der Waals surface area contributed by atoms with Crippen molar-refractivity contribution in [2.24, 2.45) is 17.8 Å². The highest BCUT2D eigenvalue weighted by atomic mass is 32.1. The van der Waals surface area contributed by atoms with Crippen molar-refractivity contribution < 1.29 is 4.79 Å². The summed E-state index contributed by atoms with van der Waals surface area (Å²) >= 11 is 1.41. The van der Waals surface area contributed by atoms with Crippen LogP contribution in [0.1, 0.15) is 44.1 Å². The largest absolute Gasteiger partial charge is 0.345 e. The third kappa shape index (κ3) is 3.60. The van der Waals surface area contributed by atoms with Crippen LogP contribution < -0.4 is 15.5 Å². The zero-order valence-corrected chi connectivity index (χ0v) is 17.0. The van der Waals surface area contributed by atoms with E-state index in [1.54, 1.807) is 0 Å². The maximum absolute atomic E-state index is 12.7. The molecule has 1 aromatic heterocycles. The van der Waals surface area contributed by atoms with Crippen molar-refractivity contribution in [1.82, 2.24) is 15.5 Å². The number of benzene rings is 1. The van der Waals surface area contributed by atoms with Gasteiger partial charge in [0.25, 0.3) is 0 Å². The van der Waals surface area contributed by atoms with E-state index in [1.807, 2.05) is 25.2 Å². The van der Waals surface area contributed by atoms with Crippen LogP contribution in [0.5, 0.6) is 0 Å². The molecule has 2 N–H and O–H groups in total. The van der Waals surface area contributed by atoms with Crippen LogP contribution in [-0.2, 0) is 6.54 Å². The Kier molecular flexibility index (Phi) is 4.50. The average Bonchev–Trinajstić information content (AvgIpc) is 3.09. The number of nitrogens with one attached hydrogen (secondary N) is 2. The molecule has 7 heteroatoms. The molecule has 0 aliphatic heterocycles. The monoisotopic (exact) mass is 397 g/mol. The second-order valence-corrected chi connectivity index (χ2v) is 9.96. The van der Waals surface area contributed by atoms with Crippen molar-refractivity contribution >= 4 is 27.6 Å². The zero-order valence-electron chi connectivity index (χ0n) is 16.2. The maximum Gasteiger partial charge on any atom is 0.321 e. The quantitative estimate of drug-likeness (QED) is 0.791. The number of aromatic nitrogens is 2. The average molecular weight is 398 g/mol. The Morgan fingerprint density at radius 2 is 1.75 bits per heavy atom. The van der Waals surface area contributed by atoms with Gasteiger partial charge in [-0.25, -0.2) is 4.79 Å². The van der Waals surface area contributed by atoms with E-state index >= 15 is 0 Å². The fourth-order valence-electron chi connectivity index (χ4n) is 5.98. The van der Waals surface area contributed by atoms with Crippen molar-refractivity contribution in [3.63, 3.8) is 0 Å². The van der Waals surface area contributed by atoms with Crippen LogP contribution in [0.25, 0.3) is 0 Å². The maximum atomic E-state index is 12.7. The van der Waals surface area contributed by atoms with Crippen LogP contribution in [0, 0.1) is 17.8 Å². The van der Waals surface area contributed by atoms with Gasteiger partial charge in [-0.15, -0.1) is 10.2 Å². The number of nitrogens with zero attached hydrogens (tertiary/aromatic N) is 3. The molecule has 28 heavy (non-hydrogen) atoms. The number of amides is 2. The highest BCUT2D eigenvalue weighted by molar-refractivity contribution is 7.19. The number of rotatable bonds is 5. The molecule has 2 amide bonds. The lowest BCUT2D eigenvalue weighted by Crippen LogP contribution is -2.60. The van der Waals surface area contributed by atoms with E-state index in [0.29, 0.717) is 5.13 Å². The van der Waals surface area contributed by atoms with Crippen LogP contribution in [0.15, 0.2) is 30.3 Å². The summed E-state index contributed by atoms with van der Waals surface area (Å²) in [4.78, 5) is 14.7. The lowest BCUT2D eigenvalue weighted by atomic mass is 9.53. The third-order valence-electron chi connectivity index (χ3n) is 6.64. The van der Waals surface area contributed by atoms with Crippen molar-refractivity contribution in [2.45, 2.75) is 50.6 Å². The van der Waals surface area contributed by atoms with E-state index in [2.05, 4.69) is 37.9 Å². The minimum absolute atomic E-state index is 0.0104. The minimum atomic E-state index is -0.129. The highest BCUT2D eigenvalue weighted by Gasteiger charge is 2.51. The predicted molar refractivity (Wildman–Crippen MR) is 112 cm³/mol. The summed E-state index contributed by atoms with van der Waals surface area (Å²) in [5.41, 5.74) is 1.23. The number of hydrogen-bond acceptors (Lipinski definition) is 5. The topological polar surface area (TPSA) is 70.2 Å². The fraction of sp³-hybridized carbons (Fsp3) is 0.571. The summed E-state index contributed by atoms with van der Waals surface area (Å²) in [7, 11) is 1.99. The minimum Gasteiger partial charge on any atom is -0.345 e. The van der Waals surface area contributed by atoms with Gasteiger partial charge in [-0.1, -0.05) is 41.7 Å². The highest BCUT2D eigenvalue weighted by Crippen LogP contribution is 2.55. The molecule has 0 radical (unpaired) electrons. The van der Waals surface area contributed by atoms with Gasteiger partial charge in [-0.05, 0) is 61.8 Å². The van der Waals surface area contributed by atoms with Gasteiger partial charge in [0, 0.05) is 19.1 Å². The number of urea groups is 1. The Bertz CT molecular complexity index is 816. The van der Waals surface area contributed by atoms with Gasteiger partial charge in [0.1, 0.15) is 0 Å². The Hall–Kier alpha value is -2.15. The first-order valence-corrected chi connectivity index (χ1v) is 11.1. The van der Waals surface area contributed by atoms with Crippen molar-refractivity contribution in [3.8, 4) is 0 Å². The van der Waals surface area contributed by atoms with Gasteiger partial charge >= 0.3 is 6.03 Å². The van der Waals surface area contributed by atoms with Crippen LogP contribution in [0.3, 0.4) is 0 Å². The summed E-state index contributed by atoms with van der Waals surface area (Å²) in [6.07, 6.45) is 7.55. The summed E-state index contributed by atoms with van der Waals surface area (Å²) in [6.45, 7) is 0.759. The van der Waals surface area contributed by atoms with E-state index in [0.717, 1.165) is 48.7 Å². The standard InChI is InChI=1S/C21H27N5OS/c1-26(13-14-5-3-2-4-6-14)20-25-24-19(28-20)22-18(27)23-21-10-15-7-16(11-21)9-17(8-15)12-21/h2-6,15-17H,7-13H2,1H3,(H2,22,23,24,27). The predicted octanol–water partition coefficient (Wildman–Crippen LogP) is 4.26. The Morgan fingerprint density at radius 1 is 1.11 bits per heavy atom. The second-order valence-electron chi connectivity index (χ2n) is 9.01. The van der Waals surface area contributed by atoms with Gasteiger partial charge in [0.2, 0.25) is 10.3 Å². The van der Waals surface area contributed by atoms with Gasteiger partial charge in [-0.3, -0.25) is 5.32 Å². The number of carbonyl (C=O) groups excluding carboxylic acids is 1. The van der Waals surface area contributed by atoms with Crippen LogP contribution >= 0.6 is 11.3 Å². The molecule has 0 unspecified atom stereocenters. The lowest BCUT2D eigenvalue weighted by Gasteiger charge is -2.56. The van der Waals surface area contributed by atoms with Gasteiger partial charge in [0.05, 0.1) is 0 Å². The molecule has 1 heterocycles. The second kappa shape index (κ2) is 7.03. The van der Waals surface area contributed by atoms with E-state index in [-0.39, 0.29) is 11.6 Å². The van der Waals surface area contributed by atoms with Crippen LogP contribution in [0.4, 0.5) is 15.1 Å². The van der Waals surface area contributed by atoms with Crippen molar-refractivity contribution in [2.75, 3.05) is 17.3 Å². The number of anilines is 2. The molecule has 148 valence electrons. The molecular formula is C21H27N5OS. The Labute approximate surface area is 169 Å². The van der Waals surface area contributed by atoms with Gasteiger partial charge in [-0.2, -0.15) is 0 Å². The summed E-state index contributed by atoms with van der Waals surface area (Å²) in [5, 5.41) is 16.0. The molecule has 0 atom stereocenters. The van der Waals surface area contributed by atoms with E-state index in [1.165, 1.54) is 36.2 Å². The van der Waals surface area contributed by atoms with Crippen molar-refractivity contribution in [3.05, 3.63) is 35.9 Å². The van der Waals surface area contributed by atoms with E-state index < -0.39 is 0 Å². The molecule has 4 saturated carbocycles. The van der Waals surface area contributed by atoms with Crippen molar-refractivity contribution in [1.29, 1.82) is 0 Å². The molecular weight excluding hydrogens is 370 g/mol.